The van der Waals surface area contributed by atoms with E-state index in [1.807, 2.05) is 6.92 Å². The molecule has 0 spiro atoms. The van der Waals surface area contributed by atoms with Gasteiger partial charge in [0.2, 0.25) is 0 Å². The fourth-order valence-corrected chi connectivity index (χ4v) is 2.05. The van der Waals surface area contributed by atoms with Crippen molar-refractivity contribution >= 4 is 34.2 Å². The van der Waals surface area contributed by atoms with E-state index in [0.717, 1.165) is 41.0 Å². The zero-order valence-electron chi connectivity index (χ0n) is 9.59. The third kappa shape index (κ3) is 4.14. The molecule has 0 atom stereocenters. The zero-order valence-corrected chi connectivity index (χ0v) is 12.5. The van der Waals surface area contributed by atoms with Gasteiger partial charge < -0.3 is 4.74 Å². The predicted molar refractivity (Wildman–Crippen MR) is 74.0 cm³/mol. The topological polar surface area (TPSA) is 35.0 Å². The van der Waals surface area contributed by atoms with Crippen molar-refractivity contribution in [2.45, 2.75) is 33.1 Å². The minimum atomic E-state index is 0.561. The fraction of sp³-hybridized carbons (Fsp3) is 0.636. The van der Waals surface area contributed by atoms with Gasteiger partial charge in [0, 0.05) is 13.0 Å². The number of ether oxygens (including phenoxy) is 1. The maximum absolute atomic E-state index is 6.07. The molecule has 0 N–H and O–H groups in total. The van der Waals surface area contributed by atoms with Crippen LogP contribution in [-0.4, -0.2) is 23.2 Å². The quantitative estimate of drug-likeness (QED) is 0.447. The average molecular weight is 355 g/mol. The number of rotatable bonds is 6. The minimum Gasteiger partial charge on any atom is -0.381 e. The first-order chi connectivity index (χ1) is 7.69. The van der Waals surface area contributed by atoms with E-state index in [-0.39, 0.29) is 0 Å². The molecule has 1 rings (SSSR count). The van der Waals surface area contributed by atoms with Crippen LogP contribution in [0.2, 0.25) is 5.15 Å². The van der Waals surface area contributed by atoms with Crippen molar-refractivity contribution in [3.05, 3.63) is 20.2 Å². The summed E-state index contributed by atoms with van der Waals surface area (Å²) < 4.78 is 6.26. The Hall–Kier alpha value is 0.0600. The van der Waals surface area contributed by atoms with E-state index in [1.165, 1.54) is 0 Å². The van der Waals surface area contributed by atoms with Crippen LogP contribution in [0.1, 0.15) is 31.8 Å². The van der Waals surface area contributed by atoms with Crippen LogP contribution in [0.5, 0.6) is 0 Å². The Morgan fingerprint density at radius 2 is 2.00 bits per heavy atom. The fourth-order valence-electron chi connectivity index (χ4n) is 1.33. The van der Waals surface area contributed by atoms with Crippen molar-refractivity contribution < 1.29 is 4.74 Å². The van der Waals surface area contributed by atoms with Crippen LogP contribution in [0.3, 0.4) is 0 Å². The largest absolute Gasteiger partial charge is 0.381 e. The molecule has 0 fully saturated rings. The standard InChI is InChI=1S/C11H16ClIN2O/c1-3-5-8-10(13)11(12)15-9(14-8)6-7-16-4-2/h3-7H2,1-2H3. The van der Waals surface area contributed by atoms with Crippen molar-refractivity contribution in [2.24, 2.45) is 0 Å². The van der Waals surface area contributed by atoms with Gasteiger partial charge in [0.1, 0.15) is 11.0 Å². The van der Waals surface area contributed by atoms with Crippen LogP contribution < -0.4 is 0 Å². The Bertz CT molecular complexity index is 347. The molecule has 3 nitrogen and oxygen atoms in total. The first kappa shape index (κ1) is 14.1. The molecule has 16 heavy (non-hydrogen) atoms. The van der Waals surface area contributed by atoms with Crippen LogP contribution >= 0.6 is 34.2 Å². The van der Waals surface area contributed by atoms with Gasteiger partial charge in [0.25, 0.3) is 0 Å². The summed E-state index contributed by atoms with van der Waals surface area (Å²) in [7, 11) is 0. The molecule has 1 aromatic heterocycles. The maximum atomic E-state index is 6.07. The van der Waals surface area contributed by atoms with Gasteiger partial charge >= 0.3 is 0 Å². The van der Waals surface area contributed by atoms with Crippen molar-refractivity contribution in [1.82, 2.24) is 9.97 Å². The second-order valence-electron chi connectivity index (χ2n) is 3.39. The summed E-state index contributed by atoms with van der Waals surface area (Å²) in [6, 6.07) is 0. The molecule has 90 valence electrons. The van der Waals surface area contributed by atoms with E-state index >= 15 is 0 Å². The summed E-state index contributed by atoms with van der Waals surface area (Å²) in [5.41, 5.74) is 1.05. The van der Waals surface area contributed by atoms with Crippen molar-refractivity contribution in [3.63, 3.8) is 0 Å². The molecular formula is C11H16ClIN2O. The second kappa shape index (κ2) is 7.40. The highest BCUT2D eigenvalue weighted by Crippen LogP contribution is 2.20. The van der Waals surface area contributed by atoms with Gasteiger partial charge in [-0.05, 0) is 35.9 Å². The minimum absolute atomic E-state index is 0.561. The summed E-state index contributed by atoms with van der Waals surface area (Å²) in [5, 5.41) is 0.561. The lowest BCUT2D eigenvalue weighted by atomic mass is 10.2. The lowest BCUT2D eigenvalue weighted by molar-refractivity contribution is 0.149. The molecule has 0 amide bonds. The number of halogens is 2. The van der Waals surface area contributed by atoms with Gasteiger partial charge in [0.15, 0.2) is 0 Å². The third-order valence-corrected chi connectivity index (χ3v) is 3.81. The van der Waals surface area contributed by atoms with E-state index in [4.69, 9.17) is 16.3 Å². The van der Waals surface area contributed by atoms with Crippen LogP contribution in [0.15, 0.2) is 0 Å². The normalized spacial score (nSPS) is 10.8. The Labute approximate surface area is 115 Å². The smallest absolute Gasteiger partial charge is 0.146 e. The van der Waals surface area contributed by atoms with E-state index in [2.05, 4.69) is 39.5 Å². The molecule has 0 aliphatic heterocycles. The average Bonchev–Trinajstić information content (AvgIpc) is 2.26. The highest BCUT2D eigenvalue weighted by Gasteiger charge is 2.09. The number of hydrogen-bond donors (Lipinski definition) is 0. The summed E-state index contributed by atoms with van der Waals surface area (Å²) in [6.07, 6.45) is 2.73. The summed E-state index contributed by atoms with van der Waals surface area (Å²) in [4.78, 5) is 8.77. The molecule has 0 saturated heterocycles. The van der Waals surface area contributed by atoms with Gasteiger partial charge in [-0.3, -0.25) is 0 Å². The van der Waals surface area contributed by atoms with Crippen LogP contribution in [-0.2, 0) is 17.6 Å². The second-order valence-corrected chi connectivity index (χ2v) is 4.83. The van der Waals surface area contributed by atoms with E-state index in [0.29, 0.717) is 11.8 Å². The zero-order chi connectivity index (χ0) is 12.0. The molecule has 0 aliphatic rings. The third-order valence-electron chi connectivity index (χ3n) is 2.09. The molecule has 0 unspecified atom stereocenters. The van der Waals surface area contributed by atoms with E-state index in [9.17, 15) is 0 Å². The Kier molecular flexibility index (Phi) is 6.53. The molecule has 0 bridgehead atoms. The van der Waals surface area contributed by atoms with Crippen LogP contribution in [0.4, 0.5) is 0 Å². The Morgan fingerprint density at radius 3 is 2.62 bits per heavy atom. The van der Waals surface area contributed by atoms with E-state index in [1.54, 1.807) is 0 Å². The van der Waals surface area contributed by atoms with Gasteiger partial charge in [-0.1, -0.05) is 24.9 Å². The molecular weight excluding hydrogens is 338 g/mol. The predicted octanol–water partition coefficient (Wildman–Crippen LogP) is 3.27. The van der Waals surface area contributed by atoms with Crippen LogP contribution in [0, 0.1) is 3.57 Å². The van der Waals surface area contributed by atoms with Gasteiger partial charge in [-0.2, -0.15) is 0 Å². The van der Waals surface area contributed by atoms with Crippen molar-refractivity contribution in [2.75, 3.05) is 13.2 Å². The summed E-state index contributed by atoms with van der Waals surface area (Å²) in [6.45, 7) is 5.48. The lowest BCUT2D eigenvalue weighted by Crippen LogP contribution is -2.07. The maximum Gasteiger partial charge on any atom is 0.146 e. The van der Waals surface area contributed by atoms with Crippen molar-refractivity contribution in [1.29, 1.82) is 0 Å². The highest BCUT2D eigenvalue weighted by atomic mass is 127. The summed E-state index contributed by atoms with van der Waals surface area (Å²) in [5.74, 6) is 0.780. The molecule has 0 saturated carbocycles. The first-order valence-corrected chi connectivity index (χ1v) is 6.93. The number of aryl methyl sites for hydroxylation is 1. The first-order valence-electron chi connectivity index (χ1n) is 5.47. The number of nitrogens with zero attached hydrogens (tertiary/aromatic N) is 2. The van der Waals surface area contributed by atoms with Crippen LogP contribution in [0.25, 0.3) is 0 Å². The molecule has 5 heteroatoms. The molecule has 0 aromatic carbocycles. The Morgan fingerprint density at radius 1 is 1.25 bits per heavy atom. The van der Waals surface area contributed by atoms with Gasteiger partial charge in [0.05, 0.1) is 15.9 Å². The van der Waals surface area contributed by atoms with E-state index < -0.39 is 0 Å². The number of hydrogen-bond acceptors (Lipinski definition) is 3. The van der Waals surface area contributed by atoms with Crippen molar-refractivity contribution in [3.8, 4) is 0 Å². The molecule has 0 radical (unpaired) electrons. The SMILES string of the molecule is CCCc1nc(CCOCC)nc(Cl)c1I. The molecule has 1 aromatic rings. The van der Waals surface area contributed by atoms with Gasteiger partial charge in [-0.15, -0.1) is 0 Å². The monoisotopic (exact) mass is 354 g/mol. The lowest BCUT2D eigenvalue weighted by Gasteiger charge is -2.07. The number of aromatic nitrogens is 2. The Balaban J connectivity index is 2.77. The van der Waals surface area contributed by atoms with Gasteiger partial charge in [-0.25, -0.2) is 9.97 Å². The highest BCUT2D eigenvalue weighted by molar-refractivity contribution is 14.1. The summed E-state index contributed by atoms with van der Waals surface area (Å²) >= 11 is 8.27. The molecule has 1 heterocycles. The molecule has 0 aliphatic carbocycles.